The number of ether oxygens (including phenoxy) is 2. The molecule has 4 aliphatic rings. The van der Waals surface area contributed by atoms with Gasteiger partial charge in [0.25, 0.3) is 0 Å². The normalized spacial score (nSPS) is 17.9. The van der Waals surface area contributed by atoms with E-state index in [9.17, 15) is 0 Å². The van der Waals surface area contributed by atoms with Crippen LogP contribution in [0, 0.1) is 23.3 Å². The van der Waals surface area contributed by atoms with Crippen LogP contribution in [0.5, 0.6) is 0 Å². The fourth-order valence-corrected chi connectivity index (χ4v) is 14.1. The van der Waals surface area contributed by atoms with Gasteiger partial charge in [-0.3, -0.25) is 0 Å². The third kappa shape index (κ3) is 4.23. The van der Waals surface area contributed by atoms with Gasteiger partial charge in [0.15, 0.2) is 0 Å². The topological polar surface area (TPSA) is 18.5 Å². The first-order valence-electron chi connectivity index (χ1n) is 12.7. The zero-order valence-corrected chi connectivity index (χ0v) is 22.5. The maximum atomic E-state index is 16.8. The van der Waals surface area contributed by atoms with E-state index in [1.54, 1.807) is 48.6 Å². The summed E-state index contributed by atoms with van der Waals surface area (Å²) in [6.07, 6.45) is 21.3. The van der Waals surface area contributed by atoms with E-state index < -0.39 is 39.9 Å². The molecule has 2 nitrogen and oxygen atoms in total. The third-order valence-electron chi connectivity index (χ3n) is 7.51. The van der Waals surface area contributed by atoms with Gasteiger partial charge in [-0.1, -0.05) is 0 Å². The molecule has 0 radical (unpaired) electrons. The molecule has 0 saturated heterocycles. The molecule has 2 aliphatic carbocycles. The zero-order chi connectivity index (χ0) is 27.0. The number of halogens is 4. The van der Waals surface area contributed by atoms with Gasteiger partial charge in [0.05, 0.1) is 0 Å². The molecule has 7 heteroatoms. The minimum atomic E-state index is -4.91. The summed E-state index contributed by atoms with van der Waals surface area (Å²) < 4.78 is 77.6. The van der Waals surface area contributed by atoms with Crippen LogP contribution in [0.1, 0.15) is 24.0 Å². The Morgan fingerprint density at radius 2 is 1.31 bits per heavy atom. The second-order valence-electron chi connectivity index (χ2n) is 9.61. The molecule has 196 valence electrons. The molecule has 39 heavy (non-hydrogen) atoms. The Hall–Kier alpha value is -3.61. The number of benzene rings is 2. The van der Waals surface area contributed by atoms with E-state index >= 15 is 17.6 Å². The summed E-state index contributed by atoms with van der Waals surface area (Å²) in [5.41, 5.74) is 1.24. The molecule has 0 aromatic heterocycles. The van der Waals surface area contributed by atoms with Gasteiger partial charge in [-0.25, -0.2) is 0 Å². The molecule has 0 atom stereocenters. The van der Waals surface area contributed by atoms with E-state index in [4.69, 9.17) is 9.47 Å². The second-order valence-corrected chi connectivity index (χ2v) is 15.5. The SMILES string of the molecule is Fc1ccc(C2=COCC=C2)c(F)[c]1[Ti]([C]1=CC=CC1)([C]1=CC=CC1)[c]1c(F)ccc(C2=CC=COC2)c1F. The quantitative estimate of drug-likeness (QED) is 0.281. The molecular weight excluding hydrogens is 540 g/mol. The van der Waals surface area contributed by atoms with Gasteiger partial charge in [0.1, 0.15) is 0 Å². The summed E-state index contributed by atoms with van der Waals surface area (Å²) in [6, 6.07) is 5.13. The van der Waals surface area contributed by atoms with E-state index in [1.807, 2.05) is 12.2 Å². The summed E-state index contributed by atoms with van der Waals surface area (Å²) in [5.74, 6) is -3.24. The van der Waals surface area contributed by atoms with Crippen molar-refractivity contribution in [1.82, 2.24) is 0 Å². The van der Waals surface area contributed by atoms with Crippen LogP contribution in [0.4, 0.5) is 17.6 Å². The molecule has 6 rings (SSSR count). The number of hydrogen-bond acceptors (Lipinski definition) is 2. The minimum absolute atomic E-state index is 0.103. The van der Waals surface area contributed by atoms with Crippen molar-refractivity contribution in [2.45, 2.75) is 12.8 Å². The summed E-state index contributed by atoms with van der Waals surface area (Å²) in [4.78, 5) is 0. The van der Waals surface area contributed by atoms with E-state index in [1.165, 1.54) is 36.8 Å². The van der Waals surface area contributed by atoms with Gasteiger partial charge in [0, 0.05) is 0 Å². The Kier molecular flexibility index (Phi) is 6.92. The molecule has 0 N–H and O–H groups in total. The predicted octanol–water partition coefficient (Wildman–Crippen LogP) is 6.89. The Labute approximate surface area is 227 Å². The Bertz CT molecular complexity index is 1570. The summed E-state index contributed by atoms with van der Waals surface area (Å²) in [6.45, 7) is 0.446. The number of hydrogen-bond donors (Lipinski definition) is 0. The first kappa shape index (κ1) is 25.7. The first-order chi connectivity index (χ1) is 19.0. The van der Waals surface area contributed by atoms with Crippen molar-refractivity contribution in [2.24, 2.45) is 0 Å². The second kappa shape index (κ2) is 10.5. The monoisotopic (exact) mass is 564 g/mol. The molecule has 0 amide bonds. The summed E-state index contributed by atoms with van der Waals surface area (Å²) in [7, 11) is 0. The van der Waals surface area contributed by atoms with Crippen molar-refractivity contribution in [3.8, 4) is 0 Å². The molecule has 2 aromatic rings. The van der Waals surface area contributed by atoms with Gasteiger partial charge in [-0.2, -0.15) is 0 Å². The predicted molar refractivity (Wildman–Crippen MR) is 142 cm³/mol. The number of rotatable bonds is 6. The van der Waals surface area contributed by atoms with Crippen LogP contribution in [0.15, 0.2) is 105 Å². The van der Waals surface area contributed by atoms with Gasteiger partial charge in [0.2, 0.25) is 0 Å². The van der Waals surface area contributed by atoms with Crippen LogP contribution < -0.4 is 7.74 Å². The molecule has 0 bridgehead atoms. The molecule has 2 heterocycles. The van der Waals surface area contributed by atoms with Crippen molar-refractivity contribution in [2.75, 3.05) is 13.2 Å². The average molecular weight is 564 g/mol. The van der Waals surface area contributed by atoms with Gasteiger partial charge < -0.3 is 0 Å². The molecule has 0 unspecified atom stereocenters. The third-order valence-corrected chi connectivity index (χ3v) is 15.4. The van der Waals surface area contributed by atoms with E-state index in [0.717, 1.165) is 0 Å². The van der Waals surface area contributed by atoms with Crippen LogP contribution in [0.3, 0.4) is 0 Å². The van der Waals surface area contributed by atoms with Crippen LogP contribution in [-0.4, -0.2) is 13.2 Å². The van der Waals surface area contributed by atoms with E-state index in [0.29, 0.717) is 38.4 Å². The Morgan fingerprint density at radius 1 is 0.667 bits per heavy atom. The molecule has 0 saturated carbocycles. The Balaban J connectivity index is 1.72. The van der Waals surface area contributed by atoms with Crippen LogP contribution >= 0.6 is 0 Å². The summed E-state index contributed by atoms with van der Waals surface area (Å²) >= 11 is -4.91. The fraction of sp³-hybridized carbons (Fsp3) is 0.125. The summed E-state index contributed by atoms with van der Waals surface area (Å²) in [5, 5.41) is 0. The standard InChI is InChI=1S/2C11H7F2O.2C5H5.Ti/c2*12-9-3-4-10(11(13)6-9)8-2-1-5-14-7-8;2*1-2-4-5-3-1;/h1-4,7H,5H2;1-5H,7H2;2*1-3H,4H2;. The maximum absolute atomic E-state index is 16.8. The average Bonchev–Trinajstić information content (AvgIpc) is 3.69. The van der Waals surface area contributed by atoms with Gasteiger partial charge in [-0.15, -0.1) is 0 Å². The zero-order valence-electron chi connectivity index (χ0n) is 20.9. The molecule has 2 aliphatic heterocycles. The van der Waals surface area contributed by atoms with Crippen molar-refractivity contribution >= 4 is 18.9 Å². The van der Waals surface area contributed by atoms with Crippen molar-refractivity contribution in [1.29, 1.82) is 0 Å². The van der Waals surface area contributed by atoms with E-state index in [2.05, 4.69) is 0 Å². The molecule has 0 fully saturated rings. The van der Waals surface area contributed by atoms with Crippen molar-refractivity contribution < 1.29 is 43.6 Å². The first-order valence-corrected chi connectivity index (χ1v) is 15.8. The molecule has 0 spiro atoms. The van der Waals surface area contributed by atoms with Gasteiger partial charge >= 0.3 is 228 Å². The van der Waals surface area contributed by atoms with Crippen LogP contribution in [-0.2, 0) is 26.1 Å². The Morgan fingerprint density at radius 3 is 1.85 bits per heavy atom. The van der Waals surface area contributed by atoms with Crippen LogP contribution in [0.25, 0.3) is 11.1 Å². The molecular formula is C32H24F4O2Ti. The van der Waals surface area contributed by atoms with Crippen LogP contribution in [0.2, 0.25) is 0 Å². The van der Waals surface area contributed by atoms with Gasteiger partial charge in [-0.05, 0) is 0 Å². The van der Waals surface area contributed by atoms with E-state index in [-0.39, 0.29) is 25.5 Å². The van der Waals surface area contributed by atoms with Crippen molar-refractivity contribution in [3.05, 3.63) is 140 Å². The number of allylic oxidation sites excluding steroid dienone is 12. The molecule has 2 aromatic carbocycles. The fourth-order valence-electron chi connectivity index (χ4n) is 5.81. The van der Waals surface area contributed by atoms with Crippen molar-refractivity contribution in [3.63, 3.8) is 0 Å².